The Balaban J connectivity index is 1.39. The smallest absolute Gasteiger partial charge is 0.253 e. The number of aryl methyl sites for hydroxylation is 1. The molecule has 4 rings (SSSR count). The number of hydrogen-bond donors (Lipinski definition) is 0. The van der Waals surface area contributed by atoms with Gasteiger partial charge in [-0.05, 0) is 55.7 Å². The highest BCUT2D eigenvalue weighted by atomic mass is 35.5. The van der Waals surface area contributed by atoms with E-state index < -0.39 is 0 Å². The van der Waals surface area contributed by atoms with Crippen LogP contribution in [0.5, 0.6) is 5.75 Å². The van der Waals surface area contributed by atoms with Gasteiger partial charge in [-0.1, -0.05) is 29.3 Å². The van der Waals surface area contributed by atoms with Crippen LogP contribution in [0, 0.1) is 12.8 Å². The summed E-state index contributed by atoms with van der Waals surface area (Å²) in [5, 5.41) is 0.653. The summed E-state index contributed by atoms with van der Waals surface area (Å²) in [7, 11) is 0. The second-order valence-electron chi connectivity index (χ2n) is 7.80. The number of benzene rings is 2. The molecule has 2 aromatic rings. The summed E-state index contributed by atoms with van der Waals surface area (Å²) in [5.74, 6) is 0.734. The van der Waals surface area contributed by atoms with Crippen molar-refractivity contribution in [1.82, 2.24) is 9.80 Å². The average Bonchev–Trinajstić information content (AvgIpc) is 2.98. The Kier molecular flexibility index (Phi) is 5.76. The Labute approximate surface area is 176 Å². The molecule has 0 aliphatic carbocycles. The van der Waals surface area contributed by atoms with Gasteiger partial charge in [0.15, 0.2) is 0 Å². The monoisotopic (exact) mass is 412 g/mol. The lowest BCUT2D eigenvalue weighted by Crippen LogP contribution is -2.43. The van der Waals surface area contributed by atoms with Crippen molar-refractivity contribution in [1.29, 1.82) is 0 Å². The summed E-state index contributed by atoms with van der Waals surface area (Å²) < 4.78 is 5.79. The molecular weight excluding hydrogens is 388 g/mol. The van der Waals surface area contributed by atoms with Crippen molar-refractivity contribution in [3.63, 3.8) is 0 Å². The quantitative estimate of drug-likeness (QED) is 0.757. The summed E-state index contributed by atoms with van der Waals surface area (Å²) in [5.41, 5.74) is 2.76. The molecule has 0 unspecified atom stereocenters. The van der Waals surface area contributed by atoms with E-state index in [4.69, 9.17) is 16.3 Å². The van der Waals surface area contributed by atoms with Crippen molar-refractivity contribution in [2.75, 3.05) is 32.8 Å². The fraction of sp³-hybridized carbons (Fsp3) is 0.391. The van der Waals surface area contributed by atoms with Crippen molar-refractivity contribution in [3.05, 3.63) is 64.2 Å². The molecular formula is C23H25ClN2O3. The molecule has 1 fully saturated rings. The lowest BCUT2D eigenvalue weighted by molar-refractivity contribution is -0.136. The zero-order valence-electron chi connectivity index (χ0n) is 16.6. The third kappa shape index (κ3) is 4.40. The summed E-state index contributed by atoms with van der Waals surface area (Å²) in [6, 6.07) is 13.2. The first kappa shape index (κ1) is 19.8. The Morgan fingerprint density at radius 3 is 2.66 bits per heavy atom. The summed E-state index contributed by atoms with van der Waals surface area (Å²) >= 11 is 6.09. The Bertz CT molecular complexity index is 930. The van der Waals surface area contributed by atoms with Crippen LogP contribution in [0.2, 0.25) is 5.02 Å². The molecule has 152 valence electrons. The highest BCUT2D eigenvalue weighted by molar-refractivity contribution is 6.30. The van der Waals surface area contributed by atoms with Gasteiger partial charge in [0.2, 0.25) is 5.91 Å². The van der Waals surface area contributed by atoms with Gasteiger partial charge in [0, 0.05) is 36.8 Å². The largest absolute Gasteiger partial charge is 0.492 e. The van der Waals surface area contributed by atoms with Crippen LogP contribution in [-0.4, -0.2) is 54.4 Å². The van der Waals surface area contributed by atoms with Gasteiger partial charge in [0.05, 0.1) is 5.92 Å². The lowest BCUT2D eigenvalue weighted by Gasteiger charge is -2.30. The molecule has 2 aromatic carbocycles. The Morgan fingerprint density at radius 2 is 1.83 bits per heavy atom. The van der Waals surface area contributed by atoms with Gasteiger partial charge >= 0.3 is 0 Å². The van der Waals surface area contributed by atoms with Gasteiger partial charge < -0.3 is 14.5 Å². The number of hydrogen-bond acceptors (Lipinski definition) is 3. The van der Waals surface area contributed by atoms with Gasteiger partial charge in [-0.15, -0.1) is 0 Å². The van der Waals surface area contributed by atoms with Gasteiger partial charge in [-0.3, -0.25) is 9.59 Å². The molecule has 0 saturated carbocycles. The van der Waals surface area contributed by atoms with Gasteiger partial charge in [0.1, 0.15) is 12.4 Å². The maximum absolute atomic E-state index is 13.1. The minimum atomic E-state index is -0.208. The first-order valence-electron chi connectivity index (χ1n) is 10.1. The van der Waals surface area contributed by atoms with Gasteiger partial charge in [-0.2, -0.15) is 0 Å². The molecule has 0 bridgehead atoms. The van der Waals surface area contributed by atoms with Crippen molar-refractivity contribution in [2.24, 2.45) is 5.92 Å². The molecule has 0 aromatic heterocycles. The number of rotatable bonds is 2. The molecule has 2 aliphatic heterocycles. The zero-order valence-corrected chi connectivity index (χ0v) is 17.3. The number of carbonyl (C=O) groups excluding carboxylic acids is 2. The second kappa shape index (κ2) is 8.46. The van der Waals surface area contributed by atoms with Crippen LogP contribution in [0.25, 0.3) is 0 Å². The normalized spacial score (nSPS) is 19.2. The zero-order chi connectivity index (χ0) is 20.4. The predicted molar refractivity (Wildman–Crippen MR) is 112 cm³/mol. The van der Waals surface area contributed by atoms with Crippen molar-refractivity contribution in [2.45, 2.75) is 19.8 Å². The van der Waals surface area contributed by atoms with Crippen LogP contribution in [0.3, 0.4) is 0 Å². The Hall–Kier alpha value is -2.53. The highest BCUT2D eigenvalue weighted by Crippen LogP contribution is 2.30. The van der Waals surface area contributed by atoms with Crippen LogP contribution in [-0.2, 0) is 11.2 Å². The maximum Gasteiger partial charge on any atom is 0.253 e. The van der Waals surface area contributed by atoms with Gasteiger partial charge in [0.25, 0.3) is 5.91 Å². The molecule has 6 heteroatoms. The fourth-order valence-corrected chi connectivity index (χ4v) is 4.28. The average molecular weight is 413 g/mol. The molecule has 0 radical (unpaired) electrons. The van der Waals surface area contributed by atoms with Crippen LogP contribution in [0.4, 0.5) is 0 Å². The van der Waals surface area contributed by atoms with E-state index in [-0.39, 0.29) is 17.7 Å². The molecule has 0 spiro atoms. The molecule has 2 heterocycles. The maximum atomic E-state index is 13.1. The third-order valence-electron chi connectivity index (χ3n) is 5.64. The van der Waals surface area contributed by atoms with E-state index in [9.17, 15) is 9.59 Å². The highest BCUT2D eigenvalue weighted by Gasteiger charge is 2.31. The van der Waals surface area contributed by atoms with E-state index >= 15 is 0 Å². The number of carbonyl (C=O) groups is 2. The summed E-state index contributed by atoms with van der Waals surface area (Å²) in [6.07, 6.45) is 1.41. The fourth-order valence-electron chi connectivity index (χ4n) is 4.08. The second-order valence-corrected chi connectivity index (χ2v) is 8.24. The summed E-state index contributed by atoms with van der Waals surface area (Å²) in [6.45, 7) is 4.79. The topological polar surface area (TPSA) is 49.9 Å². The van der Waals surface area contributed by atoms with E-state index in [1.807, 2.05) is 53.1 Å². The Morgan fingerprint density at radius 1 is 1.03 bits per heavy atom. The summed E-state index contributed by atoms with van der Waals surface area (Å²) in [4.78, 5) is 29.7. The van der Waals surface area contributed by atoms with Crippen LogP contribution >= 0.6 is 11.6 Å². The molecule has 1 atom stereocenters. The number of ether oxygens (including phenoxy) is 1. The molecule has 2 aliphatic rings. The number of halogens is 1. The van der Waals surface area contributed by atoms with Crippen molar-refractivity contribution in [3.8, 4) is 5.75 Å². The number of amides is 2. The molecule has 1 saturated heterocycles. The van der Waals surface area contributed by atoms with E-state index in [2.05, 4.69) is 0 Å². The van der Waals surface area contributed by atoms with Gasteiger partial charge in [-0.25, -0.2) is 0 Å². The minimum Gasteiger partial charge on any atom is -0.492 e. The third-order valence-corrected chi connectivity index (χ3v) is 5.87. The SMILES string of the molecule is Cc1cccc(C(=O)N2CCCN(C(=O)[C@@H]3COc4ccc(Cl)cc4C3)CC2)c1. The number of nitrogens with zero attached hydrogens (tertiary/aromatic N) is 2. The van der Waals surface area contributed by atoms with Crippen LogP contribution < -0.4 is 4.74 Å². The molecule has 29 heavy (non-hydrogen) atoms. The lowest BCUT2D eigenvalue weighted by atomic mass is 9.95. The first-order valence-corrected chi connectivity index (χ1v) is 10.4. The first-order chi connectivity index (χ1) is 14.0. The molecule has 0 N–H and O–H groups in total. The number of fused-ring (bicyclic) bond motifs is 1. The van der Waals surface area contributed by atoms with Crippen LogP contribution in [0.15, 0.2) is 42.5 Å². The predicted octanol–water partition coefficient (Wildman–Crippen LogP) is 3.57. The standard InChI is InChI=1S/C23H25ClN2O3/c1-16-4-2-5-17(12-16)22(27)25-8-3-9-26(11-10-25)23(28)19-13-18-14-20(24)6-7-21(18)29-15-19/h2,4-7,12,14,19H,3,8-11,13,15H2,1H3/t19-/m0/s1. The van der Waals surface area contributed by atoms with E-state index in [1.54, 1.807) is 6.07 Å². The minimum absolute atomic E-state index is 0.0348. The van der Waals surface area contributed by atoms with Crippen LogP contribution in [0.1, 0.15) is 27.9 Å². The van der Waals surface area contributed by atoms with Crippen molar-refractivity contribution >= 4 is 23.4 Å². The van der Waals surface area contributed by atoms with Crippen molar-refractivity contribution < 1.29 is 14.3 Å². The molecule has 5 nitrogen and oxygen atoms in total. The van der Waals surface area contributed by atoms with E-state index in [0.717, 1.165) is 23.3 Å². The molecule has 2 amide bonds. The van der Waals surface area contributed by atoms with E-state index in [1.165, 1.54) is 0 Å². The van der Waals surface area contributed by atoms with E-state index in [0.29, 0.717) is 49.8 Å².